The van der Waals surface area contributed by atoms with E-state index in [9.17, 15) is 4.79 Å². The van der Waals surface area contributed by atoms with Crippen molar-refractivity contribution in [1.29, 1.82) is 0 Å². The van der Waals surface area contributed by atoms with Gasteiger partial charge in [0.2, 0.25) is 0 Å². The molecule has 0 N–H and O–H groups in total. The van der Waals surface area contributed by atoms with Gasteiger partial charge in [-0.3, -0.25) is 4.79 Å². The molecule has 1 amide bonds. The number of piperazine rings is 2. The number of nitrogens with zero attached hydrogens (tertiary/aromatic N) is 6. The van der Waals surface area contributed by atoms with Crippen LogP contribution in [0.2, 0.25) is 0 Å². The molecule has 0 radical (unpaired) electrons. The molecule has 0 atom stereocenters. The monoisotopic (exact) mass is 386 g/mol. The number of aromatic nitrogens is 2. The molecule has 2 saturated heterocycles. The van der Waals surface area contributed by atoms with Gasteiger partial charge in [-0.05, 0) is 25.4 Å². The highest BCUT2D eigenvalue weighted by Gasteiger charge is 2.24. The Kier molecular flexibility index (Phi) is 5.27. The summed E-state index contributed by atoms with van der Waals surface area (Å²) in [5.74, 6) is 2.93. The number of rotatable bonds is 3. The number of aryl methyl sites for hydroxylation is 1. The maximum absolute atomic E-state index is 12.5. The summed E-state index contributed by atoms with van der Waals surface area (Å²) >= 11 is 1.51. The van der Waals surface area contributed by atoms with Crippen molar-refractivity contribution < 1.29 is 4.79 Å². The van der Waals surface area contributed by atoms with Gasteiger partial charge < -0.3 is 19.6 Å². The van der Waals surface area contributed by atoms with Crippen molar-refractivity contribution in [3.8, 4) is 0 Å². The molecular formula is C19H26N6OS. The van der Waals surface area contributed by atoms with Crippen molar-refractivity contribution in [3.05, 3.63) is 34.3 Å². The predicted octanol–water partition coefficient (Wildman–Crippen LogP) is 1.56. The maximum atomic E-state index is 12.5. The van der Waals surface area contributed by atoms with Crippen molar-refractivity contribution >= 4 is 28.9 Å². The number of carbonyl (C=O) groups is 1. The van der Waals surface area contributed by atoms with Gasteiger partial charge in [-0.15, -0.1) is 11.3 Å². The van der Waals surface area contributed by atoms with Crippen LogP contribution in [0.1, 0.15) is 15.5 Å². The molecule has 2 aromatic heterocycles. The molecule has 0 unspecified atom stereocenters. The summed E-state index contributed by atoms with van der Waals surface area (Å²) in [7, 11) is 2.16. The van der Waals surface area contributed by atoms with Crippen molar-refractivity contribution in [3.63, 3.8) is 0 Å². The molecule has 27 heavy (non-hydrogen) atoms. The largest absolute Gasteiger partial charge is 0.354 e. The maximum Gasteiger partial charge on any atom is 0.264 e. The Morgan fingerprint density at radius 1 is 0.963 bits per heavy atom. The lowest BCUT2D eigenvalue weighted by Crippen LogP contribution is -2.49. The Hall–Kier alpha value is -2.19. The molecule has 0 spiro atoms. The van der Waals surface area contributed by atoms with Gasteiger partial charge in [0.25, 0.3) is 5.91 Å². The van der Waals surface area contributed by atoms with E-state index in [0.29, 0.717) is 0 Å². The second-order valence-corrected chi connectivity index (χ2v) is 8.13. The fourth-order valence-electron chi connectivity index (χ4n) is 3.59. The van der Waals surface area contributed by atoms with Crippen LogP contribution in [0.15, 0.2) is 23.6 Å². The number of thiophene rings is 1. The van der Waals surface area contributed by atoms with E-state index in [2.05, 4.69) is 37.8 Å². The van der Waals surface area contributed by atoms with Crippen molar-refractivity contribution in [2.24, 2.45) is 0 Å². The number of hydrogen-bond donors (Lipinski definition) is 0. The first-order valence-corrected chi connectivity index (χ1v) is 10.3. The molecule has 0 aromatic carbocycles. The zero-order valence-electron chi connectivity index (χ0n) is 16.0. The number of anilines is 2. The lowest BCUT2D eigenvalue weighted by Gasteiger charge is -2.36. The third-order valence-corrected chi connectivity index (χ3v) is 6.12. The summed E-state index contributed by atoms with van der Waals surface area (Å²) < 4.78 is 0. The Labute approximate surface area is 164 Å². The topological polar surface area (TPSA) is 55.8 Å². The summed E-state index contributed by atoms with van der Waals surface area (Å²) in [5, 5.41) is 1.95. The van der Waals surface area contributed by atoms with E-state index < -0.39 is 0 Å². The molecule has 0 saturated carbocycles. The first-order chi connectivity index (χ1) is 13.1. The van der Waals surface area contributed by atoms with Crippen LogP contribution in [0.25, 0.3) is 0 Å². The number of carbonyl (C=O) groups excluding carboxylic acids is 1. The van der Waals surface area contributed by atoms with Crippen LogP contribution in [-0.4, -0.2) is 85.1 Å². The first kappa shape index (κ1) is 18.2. The number of hydrogen-bond acceptors (Lipinski definition) is 7. The molecule has 2 aliphatic rings. The highest BCUT2D eigenvalue weighted by atomic mass is 32.1. The van der Waals surface area contributed by atoms with Gasteiger partial charge in [-0.25, -0.2) is 9.97 Å². The zero-order valence-corrected chi connectivity index (χ0v) is 16.8. The smallest absolute Gasteiger partial charge is 0.264 e. The molecule has 0 bridgehead atoms. The van der Waals surface area contributed by atoms with Crippen LogP contribution in [0, 0.1) is 6.92 Å². The van der Waals surface area contributed by atoms with Gasteiger partial charge in [-0.2, -0.15) is 0 Å². The van der Waals surface area contributed by atoms with E-state index in [-0.39, 0.29) is 5.91 Å². The summed E-state index contributed by atoms with van der Waals surface area (Å²) in [6.07, 6.45) is 0. The molecule has 2 aliphatic heterocycles. The minimum atomic E-state index is 0.140. The molecule has 0 aliphatic carbocycles. The molecule has 4 heterocycles. The van der Waals surface area contributed by atoms with Crippen LogP contribution in [-0.2, 0) is 0 Å². The zero-order chi connectivity index (χ0) is 18.8. The van der Waals surface area contributed by atoms with E-state index in [1.54, 1.807) is 0 Å². The highest BCUT2D eigenvalue weighted by Crippen LogP contribution is 2.22. The number of likely N-dealkylation sites (N-methyl/N-ethyl adjacent to an activating group) is 1. The van der Waals surface area contributed by atoms with E-state index in [1.165, 1.54) is 11.3 Å². The van der Waals surface area contributed by atoms with Crippen molar-refractivity contribution in [2.75, 3.05) is 69.2 Å². The van der Waals surface area contributed by atoms with Gasteiger partial charge in [0.05, 0.1) is 4.88 Å². The first-order valence-electron chi connectivity index (χ1n) is 9.47. The van der Waals surface area contributed by atoms with Crippen LogP contribution >= 0.6 is 11.3 Å². The van der Waals surface area contributed by atoms with Gasteiger partial charge in [-0.1, -0.05) is 6.07 Å². The molecule has 8 heteroatoms. The standard InChI is InChI=1S/C19H26N6OS/c1-15-20-17(23-7-5-22(2)6-8-23)14-18(21-15)24-9-11-25(12-10-24)19(26)16-4-3-13-27-16/h3-4,13-14H,5-12H2,1-2H3. The molecule has 2 aromatic rings. The minimum Gasteiger partial charge on any atom is -0.354 e. The second-order valence-electron chi connectivity index (χ2n) is 7.18. The van der Waals surface area contributed by atoms with Crippen molar-refractivity contribution in [2.45, 2.75) is 6.92 Å². The highest BCUT2D eigenvalue weighted by molar-refractivity contribution is 7.12. The Morgan fingerprint density at radius 3 is 2.11 bits per heavy atom. The van der Waals surface area contributed by atoms with E-state index in [0.717, 1.165) is 74.7 Å². The van der Waals surface area contributed by atoms with Gasteiger partial charge in [0, 0.05) is 58.4 Å². The molecule has 7 nitrogen and oxygen atoms in total. The van der Waals surface area contributed by atoms with Gasteiger partial charge in [0.1, 0.15) is 17.5 Å². The molecule has 4 rings (SSSR count). The van der Waals surface area contributed by atoms with E-state index >= 15 is 0 Å². The third kappa shape index (κ3) is 4.06. The van der Waals surface area contributed by atoms with Crippen LogP contribution in [0.5, 0.6) is 0 Å². The average Bonchev–Trinajstić information content (AvgIpc) is 3.22. The van der Waals surface area contributed by atoms with Crippen LogP contribution in [0.3, 0.4) is 0 Å². The summed E-state index contributed by atoms with van der Waals surface area (Å²) in [5.41, 5.74) is 0. The fourth-order valence-corrected chi connectivity index (χ4v) is 4.28. The van der Waals surface area contributed by atoms with Gasteiger partial charge >= 0.3 is 0 Å². The molecule has 144 valence electrons. The Bertz CT molecular complexity index is 780. The lowest BCUT2D eigenvalue weighted by molar-refractivity contribution is 0.0751. The fraction of sp³-hybridized carbons (Fsp3) is 0.526. The Morgan fingerprint density at radius 2 is 1.56 bits per heavy atom. The second kappa shape index (κ2) is 7.82. The van der Waals surface area contributed by atoms with Crippen LogP contribution in [0.4, 0.5) is 11.6 Å². The van der Waals surface area contributed by atoms with E-state index in [1.807, 2.05) is 29.3 Å². The normalized spacial score (nSPS) is 18.8. The number of amides is 1. The van der Waals surface area contributed by atoms with E-state index in [4.69, 9.17) is 0 Å². The van der Waals surface area contributed by atoms with Crippen LogP contribution < -0.4 is 9.80 Å². The third-order valence-electron chi connectivity index (χ3n) is 5.26. The van der Waals surface area contributed by atoms with Crippen molar-refractivity contribution in [1.82, 2.24) is 19.8 Å². The Balaban J connectivity index is 1.43. The SMILES string of the molecule is Cc1nc(N2CCN(C)CC2)cc(N2CCN(C(=O)c3cccs3)CC2)n1. The quantitative estimate of drug-likeness (QED) is 0.798. The van der Waals surface area contributed by atoms with Gasteiger partial charge in [0.15, 0.2) is 0 Å². The average molecular weight is 387 g/mol. The lowest BCUT2D eigenvalue weighted by atomic mass is 10.2. The molecular weight excluding hydrogens is 360 g/mol. The molecule has 2 fully saturated rings. The summed E-state index contributed by atoms with van der Waals surface area (Å²) in [4.78, 5) is 31.6. The predicted molar refractivity (Wildman–Crippen MR) is 109 cm³/mol. The summed E-state index contributed by atoms with van der Waals surface area (Å²) in [6.45, 7) is 9.12. The minimum absolute atomic E-state index is 0.140. The summed E-state index contributed by atoms with van der Waals surface area (Å²) in [6, 6.07) is 5.93.